The first-order chi connectivity index (χ1) is 15.4. The summed E-state index contributed by atoms with van der Waals surface area (Å²) in [5, 5.41) is 11.2. The highest BCUT2D eigenvalue weighted by molar-refractivity contribution is 7.92. The molecule has 10 heteroatoms. The van der Waals surface area contributed by atoms with Crippen LogP contribution in [0, 0.1) is 0 Å². The van der Waals surface area contributed by atoms with Gasteiger partial charge in [0.15, 0.2) is 10.2 Å². The monoisotopic (exact) mass is 473 g/mol. The highest BCUT2D eigenvalue weighted by atomic mass is 32.2. The van der Waals surface area contributed by atoms with Gasteiger partial charge in [0.25, 0.3) is 10.0 Å². The Morgan fingerprint density at radius 3 is 2.75 bits per heavy atom. The third-order valence-electron chi connectivity index (χ3n) is 5.40. The molecule has 0 aliphatic carbocycles. The van der Waals surface area contributed by atoms with Gasteiger partial charge in [-0.15, -0.1) is 11.3 Å². The van der Waals surface area contributed by atoms with Crippen LogP contribution in [0.5, 0.6) is 5.75 Å². The number of carbonyl (C=O) groups is 1. The van der Waals surface area contributed by atoms with E-state index in [4.69, 9.17) is 9.84 Å². The van der Waals surface area contributed by atoms with Crippen molar-refractivity contribution in [3.8, 4) is 5.75 Å². The molecular formula is C22H23N3O5S2. The molecule has 0 radical (unpaired) electrons. The number of hydrogen-bond donors (Lipinski definition) is 2. The molecule has 0 saturated carbocycles. The normalized spacial score (nSPS) is 16.5. The maximum absolute atomic E-state index is 12.9. The summed E-state index contributed by atoms with van der Waals surface area (Å²) in [6, 6.07) is 14.3. The Labute approximate surface area is 190 Å². The van der Waals surface area contributed by atoms with E-state index in [1.165, 1.54) is 47.6 Å². The molecule has 0 spiro atoms. The quantitative estimate of drug-likeness (QED) is 0.533. The SMILES string of the molecule is COc1cc(C(=O)O)ccc1NS(=O)(=O)c1csc(N2CCCC(c3ccccc3)C2)n1. The predicted octanol–water partition coefficient (Wildman–Crippen LogP) is 4.03. The van der Waals surface area contributed by atoms with Crippen molar-refractivity contribution in [2.45, 2.75) is 23.8 Å². The van der Waals surface area contributed by atoms with E-state index in [1.54, 1.807) is 0 Å². The van der Waals surface area contributed by atoms with Crippen LogP contribution in [-0.2, 0) is 10.0 Å². The van der Waals surface area contributed by atoms with Crippen molar-refractivity contribution in [1.82, 2.24) is 4.98 Å². The smallest absolute Gasteiger partial charge is 0.335 e. The van der Waals surface area contributed by atoms with Crippen molar-refractivity contribution in [1.29, 1.82) is 0 Å². The Morgan fingerprint density at radius 1 is 1.25 bits per heavy atom. The number of ether oxygens (including phenoxy) is 1. The maximum atomic E-state index is 12.9. The van der Waals surface area contributed by atoms with Crippen LogP contribution in [0.2, 0.25) is 0 Å². The minimum atomic E-state index is -3.97. The van der Waals surface area contributed by atoms with Crippen LogP contribution in [0.4, 0.5) is 10.8 Å². The Balaban J connectivity index is 1.52. The summed E-state index contributed by atoms with van der Waals surface area (Å²) in [6.45, 7) is 1.61. The van der Waals surface area contributed by atoms with Crippen molar-refractivity contribution in [3.63, 3.8) is 0 Å². The molecule has 1 aliphatic rings. The van der Waals surface area contributed by atoms with Crippen molar-refractivity contribution in [3.05, 3.63) is 65.0 Å². The zero-order chi connectivity index (χ0) is 22.7. The molecule has 168 valence electrons. The number of methoxy groups -OCH3 is 1. The van der Waals surface area contributed by atoms with E-state index in [9.17, 15) is 13.2 Å². The zero-order valence-electron chi connectivity index (χ0n) is 17.4. The van der Waals surface area contributed by atoms with Gasteiger partial charge in [0.05, 0.1) is 18.4 Å². The van der Waals surface area contributed by atoms with Crippen LogP contribution < -0.4 is 14.4 Å². The highest BCUT2D eigenvalue weighted by Crippen LogP contribution is 2.33. The van der Waals surface area contributed by atoms with Gasteiger partial charge in [-0.05, 0) is 36.6 Å². The summed E-state index contributed by atoms with van der Waals surface area (Å²) in [6.07, 6.45) is 2.09. The lowest BCUT2D eigenvalue weighted by Gasteiger charge is -2.32. The van der Waals surface area contributed by atoms with Crippen LogP contribution in [0.3, 0.4) is 0 Å². The number of thiazole rings is 1. The highest BCUT2D eigenvalue weighted by Gasteiger charge is 2.26. The first kappa shape index (κ1) is 22.1. The fraction of sp³-hybridized carbons (Fsp3) is 0.273. The fourth-order valence-corrected chi connectivity index (χ4v) is 5.98. The lowest BCUT2D eigenvalue weighted by Crippen LogP contribution is -2.34. The first-order valence-electron chi connectivity index (χ1n) is 10.1. The predicted molar refractivity (Wildman–Crippen MR) is 124 cm³/mol. The molecule has 1 atom stereocenters. The Kier molecular flexibility index (Phi) is 6.33. The summed E-state index contributed by atoms with van der Waals surface area (Å²) < 4.78 is 33.4. The number of nitrogens with one attached hydrogen (secondary N) is 1. The summed E-state index contributed by atoms with van der Waals surface area (Å²) in [5.41, 5.74) is 1.42. The number of carboxylic acid groups (broad SMARTS) is 1. The number of carboxylic acids is 1. The number of hydrogen-bond acceptors (Lipinski definition) is 7. The van der Waals surface area contributed by atoms with Crippen molar-refractivity contribution in [2.75, 3.05) is 29.8 Å². The molecule has 0 amide bonds. The van der Waals surface area contributed by atoms with E-state index in [0.29, 0.717) is 11.0 Å². The number of aromatic carboxylic acids is 1. The van der Waals surface area contributed by atoms with Gasteiger partial charge in [0.1, 0.15) is 5.75 Å². The summed E-state index contributed by atoms with van der Waals surface area (Å²) in [4.78, 5) is 17.7. The van der Waals surface area contributed by atoms with Crippen LogP contribution >= 0.6 is 11.3 Å². The molecule has 2 heterocycles. The minimum absolute atomic E-state index is 0.00110. The second kappa shape index (κ2) is 9.17. The van der Waals surface area contributed by atoms with E-state index in [2.05, 4.69) is 26.7 Å². The number of rotatable bonds is 7. The number of benzene rings is 2. The average Bonchev–Trinajstić information content (AvgIpc) is 3.31. The molecule has 3 aromatic rings. The number of piperidine rings is 1. The third-order valence-corrected chi connectivity index (χ3v) is 7.70. The second-order valence-electron chi connectivity index (χ2n) is 7.49. The van der Waals surface area contributed by atoms with Crippen LogP contribution in [0.1, 0.15) is 34.7 Å². The number of sulfonamides is 1. The zero-order valence-corrected chi connectivity index (χ0v) is 19.0. The molecule has 1 aliphatic heterocycles. The van der Waals surface area contributed by atoms with E-state index >= 15 is 0 Å². The summed E-state index contributed by atoms with van der Waals surface area (Å²) in [5.74, 6) is -0.633. The number of anilines is 2. The van der Waals surface area contributed by atoms with Gasteiger partial charge in [0.2, 0.25) is 0 Å². The van der Waals surface area contributed by atoms with Crippen LogP contribution in [0.15, 0.2) is 58.9 Å². The largest absolute Gasteiger partial charge is 0.495 e. The topological polar surface area (TPSA) is 109 Å². The van der Waals surface area contributed by atoms with Crippen LogP contribution in [-0.4, -0.2) is 44.7 Å². The van der Waals surface area contributed by atoms with Crippen LogP contribution in [0.25, 0.3) is 0 Å². The van der Waals surface area contributed by atoms with E-state index in [-0.39, 0.29) is 22.0 Å². The first-order valence-corrected chi connectivity index (χ1v) is 12.4. The van der Waals surface area contributed by atoms with Crippen molar-refractivity contribution >= 4 is 38.1 Å². The van der Waals surface area contributed by atoms with Crippen molar-refractivity contribution < 1.29 is 23.1 Å². The van der Waals surface area contributed by atoms with Gasteiger partial charge in [-0.2, -0.15) is 8.42 Å². The summed E-state index contributed by atoms with van der Waals surface area (Å²) in [7, 11) is -2.62. The molecule has 2 N–H and O–H groups in total. The Bertz CT molecular complexity index is 1210. The van der Waals surface area contributed by atoms with Gasteiger partial charge in [-0.25, -0.2) is 9.78 Å². The van der Waals surface area contributed by atoms with Gasteiger partial charge < -0.3 is 14.7 Å². The third kappa shape index (κ3) is 4.71. The molecule has 0 bridgehead atoms. The molecule has 2 aromatic carbocycles. The van der Waals surface area contributed by atoms with E-state index in [0.717, 1.165) is 25.9 Å². The molecule has 1 fully saturated rings. The molecule has 1 unspecified atom stereocenters. The lowest BCUT2D eigenvalue weighted by atomic mass is 9.91. The number of aromatic nitrogens is 1. The summed E-state index contributed by atoms with van der Waals surface area (Å²) >= 11 is 1.29. The molecule has 32 heavy (non-hydrogen) atoms. The minimum Gasteiger partial charge on any atom is -0.495 e. The maximum Gasteiger partial charge on any atom is 0.335 e. The standard InChI is InChI=1S/C22H23N3O5S2/c1-30-19-12-16(21(26)27)9-10-18(19)24-32(28,29)20-14-31-22(23-20)25-11-5-8-17(13-25)15-6-3-2-4-7-15/h2-4,6-7,9-10,12,14,17,24H,5,8,11,13H2,1H3,(H,26,27). The average molecular weight is 474 g/mol. The van der Waals surface area contributed by atoms with E-state index in [1.807, 2.05) is 18.2 Å². The fourth-order valence-electron chi connectivity index (χ4n) is 3.77. The Morgan fingerprint density at radius 2 is 2.03 bits per heavy atom. The molecule has 1 aromatic heterocycles. The van der Waals surface area contributed by atoms with Gasteiger partial charge in [0, 0.05) is 24.4 Å². The Hall–Kier alpha value is -3.11. The second-order valence-corrected chi connectivity index (χ2v) is 9.96. The van der Waals surface area contributed by atoms with E-state index < -0.39 is 16.0 Å². The number of nitrogens with zero attached hydrogens (tertiary/aromatic N) is 2. The molecule has 4 rings (SSSR count). The van der Waals surface area contributed by atoms with Gasteiger partial charge >= 0.3 is 5.97 Å². The molecular weight excluding hydrogens is 450 g/mol. The lowest BCUT2D eigenvalue weighted by molar-refractivity contribution is 0.0696. The molecule has 8 nitrogen and oxygen atoms in total. The van der Waals surface area contributed by atoms with Gasteiger partial charge in [-0.1, -0.05) is 30.3 Å². The molecule has 1 saturated heterocycles. The van der Waals surface area contributed by atoms with Crippen molar-refractivity contribution in [2.24, 2.45) is 0 Å². The van der Waals surface area contributed by atoms with Gasteiger partial charge in [-0.3, -0.25) is 4.72 Å².